The molecule has 0 aliphatic heterocycles. The van der Waals surface area contributed by atoms with Gasteiger partial charge in [0.25, 0.3) is 10.0 Å². The van der Waals surface area contributed by atoms with Crippen LogP contribution in [0.3, 0.4) is 0 Å². The van der Waals surface area contributed by atoms with Crippen LogP contribution < -0.4 is 4.72 Å². The molecule has 0 spiro atoms. The number of carboxylic acids is 1. The smallest absolute Gasteiger partial charge is 0.354 e. The molecule has 0 aliphatic carbocycles. The monoisotopic (exact) mass is 390 g/mol. The van der Waals surface area contributed by atoms with Crippen LogP contribution in [0.15, 0.2) is 45.9 Å². The highest BCUT2D eigenvalue weighted by Gasteiger charge is 2.16. The number of aromatic nitrogens is 1. The topological polar surface area (TPSA) is 96.4 Å². The predicted octanol–water partition coefficient (Wildman–Crippen LogP) is 3.00. The number of anilines is 1. The van der Waals surface area contributed by atoms with Gasteiger partial charge in [0, 0.05) is 10.7 Å². The molecule has 2 aromatic rings. The van der Waals surface area contributed by atoms with E-state index in [0.717, 1.165) is 6.07 Å². The van der Waals surface area contributed by atoms with Crippen LogP contribution in [0.5, 0.6) is 0 Å². The van der Waals surface area contributed by atoms with Crippen LogP contribution in [0.2, 0.25) is 5.02 Å². The highest BCUT2D eigenvalue weighted by Crippen LogP contribution is 2.26. The van der Waals surface area contributed by atoms with Crippen molar-refractivity contribution < 1.29 is 18.3 Å². The van der Waals surface area contributed by atoms with Crippen molar-refractivity contribution in [3.63, 3.8) is 0 Å². The molecular weight excluding hydrogens is 384 g/mol. The third-order valence-electron chi connectivity index (χ3n) is 2.43. The van der Waals surface area contributed by atoms with Crippen LogP contribution in [-0.2, 0) is 10.0 Å². The molecule has 21 heavy (non-hydrogen) atoms. The molecule has 1 aromatic carbocycles. The number of hydrogen-bond donors (Lipinski definition) is 2. The molecule has 2 rings (SSSR count). The van der Waals surface area contributed by atoms with E-state index in [1.807, 2.05) is 0 Å². The molecular formula is C12H8BrClN2O4S. The minimum Gasteiger partial charge on any atom is -0.477 e. The lowest BCUT2D eigenvalue weighted by atomic mass is 10.3. The fraction of sp³-hybridized carbons (Fsp3) is 0. The summed E-state index contributed by atoms with van der Waals surface area (Å²) in [6, 6.07) is 6.62. The third-order valence-corrected chi connectivity index (χ3v) is 5.03. The number of pyridine rings is 1. The summed E-state index contributed by atoms with van der Waals surface area (Å²) >= 11 is 8.95. The van der Waals surface area contributed by atoms with Gasteiger partial charge < -0.3 is 5.11 Å². The Kier molecular flexibility index (Phi) is 4.50. The minimum atomic E-state index is -3.85. The molecule has 0 fully saturated rings. The summed E-state index contributed by atoms with van der Waals surface area (Å²) in [5.74, 6) is -1.25. The average molecular weight is 392 g/mol. The molecule has 0 aliphatic rings. The Bertz CT molecular complexity index is 811. The zero-order valence-corrected chi connectivity index (χ0v) is 13.4. The van der Waals surface area contributed by atoms with Crippen molar-refractivity contribution >= 4 is 49.2 Å². The Morgan fingerprint density at radius 1 is 1.29 bits per heavy atom. The first-order valence-electron chi connectivity index (χ1n) is 5.47. The Morgan fingerprint density at radius 3 is 2.62 bits per heavy atom. The normalized spacial score (nSPS) is 11.1. The summed E-state index contributed by atoms with van der Waals surface area (Å²) in [5.41, 5.74) is -0.152. The number of nitrogens with one attached hydrogen (secondary N) is 1. The van der Waals surface area contributed by atoms with E-state index in [-0.39, 0.29) is 16.3 Å². The lowest BCUT2D eigenvalue weighted by molar-refractivity contribution is 0.0690. The lowest BCUT2D eigenvalue weighted by Crippen LogP contribution is -2.13. The van der Waals surface area contributed by atoms with Gasteiger partial charge in [0.1, 0.15) is 5.69 Å². The van der Waals surface area contributed by atoms with E-state index < -0.39 is 16.0 Å². The van der Waals surface area contributed by atoms with Gasteiger partial charge in [-0.05, 0) is 46.3 Å². The van der Waals surface area contributed by atoms with Gasteiger partial charge in [0.05, 0.1) is 15.6 Å². The number of carbonyl (C=O) groups is 1. The summed E-state index contributed by atoms with van der Waals surface area (Å²) in [6.45, 7) is 0. The fourth-order valence-electron chi connectivity index (χ4n) is 1.47. The Balaban J connectivity index is 2.35. The number of aromatic carboxylic acids is 1. The zero-order valence-electron chi connectivity index (χ0n) is 10.2. The van der Waals surface area contributed by atoms with Crippen LogP contribution in [0.25, 0.3) is 0 Å². The average Bonchev–Trinajstić information content (AvgIpc) is 2.41. The van der Waals surface area contributed by atoms with Crippen LogP contribution >= 0.6 is 27.5 Å². The second kappa shape index (κ2) is 6.00. The van der Waals surface area contributed by atoms with Crippen molar-refractivity contribution in [1.82, 2.24) is 4.98 Å². The molecule has 0 bridgehead atoms. The van der Waals surface area contributed by atoms with Gasteiger partial charge in [0.15, 0.2) is 0 Å². The number of nitrogens with zero attached hydrogens (tertiary/aromatic N) is 1. The van der Waals surface area contributed by atoms with E-state index in [2.05, 4.69) is 25.6 Å². The van der Waals surface area contributed by atoms with Gasteiger partial charge >= 0.3 is 5.97 Å². The second-order valence-electron chi connectivity index (χ2n) is 3.92. The first kappa shape index (κ1) is 15.7. The Hall–Kier alpha value is -1.64. The maximum Gasteiger partial charge on any atom is 0.354 e. The van der Waals surface area contributed by atoms with Crippen molar-refractivity contribution in [1.29, 1.82) is 0 Å². The van der Waals surface area contributed by atoms with Gasteiger partial charge in [-0.15, -0.1) is 0 Å². The largest absolute Gasteiger partial charge is 0.477 e. The van der Waals surface area contributed by atoms with E-state index in [1.165, 1.54) is 30.5 Å². The van der Waals surface area contributed by atoms with E-state index in [0.29, 0.717) is 9.50 Å². The molecule has 0 amide bonds. The molecule has 1 aromatic heterocycles. The first-order valence-corrected chi connectivity index (χ1v) is 8.12. The van der Waals surface area contributed by atoms with Crippen molar-refractivity contribution in [2.24, 2.45) is 0 Å². The van der Waals surface area contributed by atoms with Crippen molar-refractivity contribution in [2.75, 3.05) is 4.72 Å². The molecule has 110 valence electrons. The molecule has 0 radical (unpaired) electrons. The summed E-state index contributed by atoms with van der Waals surface area (Å²) < 4.78 is 27.1. The highest BCUT2D eigenvalue weighted by molar-refractivity contribution is 9.10. The molecule has 0 atom stereocenters. The number of rotatable bonds is 4. The highest BCUT2D eigenvalue weighted by atomic mass is 79.9. The summed E-state index contributed by atoms with van der Waals surface area (Å²) in [4.78, 5) is 14.4. The summed E-state index contributed by atoms with van der Waals surface area (Å²) in [6.07, 6.45) is 1.21. The minimum absolute atomic E-state index is 0.00698. The maximum atomic E-state index is 12.2. The maximum absolute atomic E-state index is 12.2. The van der Waals surface area contributed by atoms with E-state index >= 15 is 0 Å². The first-order chi connectivity index (χ1) is 9.79. The van der Waals surface area contributed by atoms with Crippen LogP contribution in [0, 0.1) is 0 Å². The molecule has 1 heterocycles. The predicted molar refractivity (Wildman–Crippen MR) is 81.2 cm³/mol. The van der Waals surface area contributed by atoms with Gasteiger partial charge in [-0.25, -0.2) is 18.2 Å². The Morgan fingerprint density at radius 2 is 2.00 bits per heavy atom. The Labute approximate surface area is 134 Å². The van der Waals surface area contributed by atoms with Crippen LogP contribution in [-0.4, -0.2) is 24.5 Å². The molecule has 2 N–H and O–H groups in total. The third kappa shape index (κ3) is 3.72. The summed E-state index contributed by atoms with van der Waals surface area (Å²) in [7, 11) is -3.85. The summed E-state index contributed by atoms with van der Waals surface area (Å²) in [5, 5.41) is 9.21. The lowest BCUT2D eigenvalue weighted by Gasteiger charge is -2.09. The molecule has 0 saturated heterocycles. The molecule has 9 heteroatoms. The standard InChI is InChI=1S/C12H8BrClN2O4S/c13-9-6-8(1-2-10(9)14)21(19,20)16-7-3-4-15-11(5-7)12(17)18/h1-6H,(H,15,16)(H,17,18). The molecule has 6 nitrogen and oxygen atoms in total. The van der Waals surface area contributed by atoms with E-state index in [4.69, 9.17) is 16.7 Å². The molecule has 0 unspecified atom stereocenters. The SMILES string of the molecule is O=C(O)c1cc(NS(=O)(=O)c2ccc(Cl)c(Br)c2)ccn1. The number of halogens is 2. The van der Waals surface area contributed by atoms with Crippen molar-refractivity contribution in [3.8, 4) is 0 Å². The quantitative estimate of drug-likeness (QED) is 0.835. The second-order valence-corrected chi connectivity index (χ2v) is 6.86. The van der Waals surface area contributed by atoms with E-state index in [1.54, 1.807) is 0 Å². The number of sulfonamides is 1. The van der Waals surface area contributed by atoms with Crippen LogP contribution in [0.4, 0.5) is 5.69 Å². The van der Waals surface area contributed by atoms with E-state index in [9.17, 15) is 13.2 Å². The van der Waals surface area contributed by atoms with Crippen molar-refractivity contribution in [2.45, 2.75) is 4.90 Å². The zero-order chi connectivity index (χ0) is 15.6. The number of hydrogen-bond acceptors (Lipinski definition) is 4. The van der Waals surface area contributed by atoms with Gasteiger partial charge in [-0.2, -0.15) is 0 Å². The number of benzene rings is 1. The van der Waals surface area contributed by atoms with Gasteiger partial charge in [0.2, 0.25) is 0 Å². The van der Waals surface area contributed by atoms with Gasteiger partial charge in [-0.3, -0.25) is 4.72 Å². The van der Waals surface area contributed by atoms with Gasteiger partial charge in [-0.1, -0.05) is 11.6 Å². The molecule has 0 saturated carbocycles. The fourth-order valence-corrected chi connectivity index (χ4v) is 3.19. The van der Waals surface area contributed by atoms with Crippen LogP contribution in [0.1, 0.15) is 10.5 Å². The van der Waals surface area contributed by atoms with Crippen molar-refractivity contribution in [3.05, 3.63) is 51.7 Å². The number of carboxylic acid groups (broad SMARTS) is 1.